The predicted molar refractivity (Wildman–Crippen MR) is 107 cm³/mol. The standard InChI is InChI=1S/C22H29FN2O3/c1-27-21-11-18(12-22(13-21)28-2)15-25-8-7-24(16-20(25)6-9-26)14-17-4-3-5-19(23)10-17/h3-5,10-13,20,26H,6-9,14-16H2,1-2H3/t20-/m1/s1. The number of piperazine rings is 1. The number of benzene rings is 2. The molecule has 1 saturated heterocycles. The average Bonchev–Trinajstić information content (AvgIpc) is 2.70. The third kappa shape index (κ3) is 5.44. The second kappa shape index (κ2) is 9.87. The minimum absolute atomic E-state index is 0.149. The van der Waals surface area contributed by atoms with E-state index in [4.69, 9.17) is 9.47 Å². The van der Waals surface area contributed by atoms with Crippen LogP contribution in [0.25, 0.3) is 0 Å². The van der Waals surface area contributed by atoms with E-state index in [2.05, 4.69) is 9.80 Å². The van der Waals surface area contributed by atoms with Gasteiger partial charge in [-0.25, -0.2) is 4.39 Å². The van der Waals surface area contributed by atoms with Gasteiger partial charge in [0.05, 0.1) is 14.2 Å². The lowest BCUT2D eigenvalue weighted by Gasteiger charge is -2.41. The van der Waals surface area contributed by atoms with Gasteiger partial charge in [-0.05, 0) is 41.8 Å². The molecule has 1 heterocycles. The summed E-state index contributed by atoms with van der Waals surface area (Å²) < 4.78 is 24.2. The number of hydrogen-bond donors (Lipinski definition) is 1. The molecule has 28 heavy (non-hydrogen) atoms. The van der Waals surface area contributed by atoms with E-state index < -0.39 is 0 Å². The van der Waals surface area contributed by atoms with E-state index in [1.165, 1.54) is 6.07 Å². The van der Waals surface area contributed by atoms with E-state index in [0.717, 1.165) is 55.3 Å². The molecule has 0 radical (unpaired) electrons. The van der Waals surface area contributed by atoms with Crippen molar-refractivity contribution in [3.8, 4) is 11.5 Å². The molecule has 0 bridgehead atoms. The minimum Gasteiger partial charge on any atom is -0.497 e. The summed E-state index contributed by atoms with van der Waals surface area (Å²) in [6.07, 6.45) is 0.709. The van der Waals surface area contributed by atoms with Crippen LogP contribution in [0.1, 0.15) is 17.5 Å². The van der Waals surface area contributed by atoms with Crippen molar-refractivity contribution in [2.75, 3.05) is 40.5 Å². The topological polar surface area (TPSA) is 45.2 Å². The monoisotopic (exact) mass is 388 g/mol. The SMILES string of the molecule is COc1cc(CN2CCN(Cc3cccc(F)c3)C[C@H]2CCO)cc(OC)c1. The van der Waals surface area contributed by atoms with Gasteiger partial charge in [-0.2, -0.15) is 0 Å². The van der Waals surface area contributed by atoms with Crippen LogP contribution in [-0.4, -0.2) is 61.4 Å². The Morgan fingerprint density at radius 1 is 1.00 bits per heavy atom. The molecule has 3 rings (SSSR count). The second-order valence-corrected chi connectivity index (χ2v) is 7.22. The zero-order valence-electron chi connectivity index (χ0n) is 16.6. The Morgan fingerprint density at radius 3 is 2.39 bits per heavy atom. The van der Waals surface area contributed by atoms with Crippen molar-refractivity contribution in [1.29, 1.82) is 0 Å². The molecule has 5 nitrogen and oxygen atoms in total. The Labute approximate surface area is 166 Å². The molecule has 1 aliphatic rings. The van der Waals surface area contributed by atoms with Crippen molar-refractivity contribution >= 4 is 0 Å². The largest absolute Gasteiger partial charge is 0.497 e. The van der Waals surface area contributed by atoms with Crippen LogP contribution in [-0.2, 0) is 13.1 Å². The van der Waals surface area contributed by atoms with Crippen molar-refractivity contribution in [2.45, 2.75) is 25.6 Å². The average molecular weight is 388 g/mol. The van der Waals surface area contributed by atoms with Crippen LogP contribution in [0.15, 0.2) is 42.5 Å². The third-order valence-electron chi connectivity index (χ3n) is 5.24. The van der Waals surface area contributed by atoms with Gasteiger partial charge < -0.3 is 14.6 Å². The van der Waals surface area contributed by atoms with Crippen molar-refractivity contribution in [1.82, 2.24) is 9.80 Å². The summed E-state index contributed by atoms with van der Waals surface area (Å²) in [7, 11) is 3.30. The van der Waals surface area contributed by atoms with Crippen molar-refractivity contribution in [3.63, 3.8) is 0 Å². The molecule has 0 amide bonds. The molecule has 6 heteroatoms. The normalized spacial score (nSPS) is 18.2. The van der Waals surface area contributed by atoms with Gasteiger partial charge in [0.1, 0.15) is 17.3 Å². The zero-order valence-corrected chi connectivity index (χ0v) is 16.6. The number of ether oxygens (including phenoxy) is 2. The van der Waals surface area contributed by atoms with E-state index in [9.17, 15) is 9.50 Å². The predicted octanol–water partition coefficient (Wildman–Crippen LogP) is 2.91. The maximum Gasteiger partial charge on any atom is 0.123 e. The van der Waals surface area contributed by atoms with Gasteiger partial charge in [0, 0.05) is 51.4 Å². The van der Waals surface area contributed by atoms with Crippen LogP contribution >= 0.6 is 0 Å². The number of nitrogens with zero attached hydrogens (tertiary/aromatic N) is 2. The molecule has 1 aliphatic heterocycles. The van der Waals surface area contributed by atoms with E-state index in [0.29, 0.717) is 6.42 Å². The molecule has 2 aromatic carbocycles. The maximum absolute atomic E-state index is 13.5. The lowest BCUT2D eigenvalue weighted by molar-refractivity contribution is 0.0498. The van der Waals surface area contributed by atoms with Crippen LogP contribution in [0.5, 0.6) is 11.5 Å². The summed E-state index contributed by atoms with van der Waals surface area (Å²) in [5.41, 5.74) is 2.10. The second-order valence-electron chi connectivity index (χ2n) is 7.22. The van der Waals surface area contributed by atoms with E-state index in [1.54, 1.807) is 26.4 Å². The molecule has 1 atom stereocenters. The van der Waals surface area contributed by atoms with Crippen LogP contribution in [0.3, 0.4) is 0 Å². The highest BCUT2D eigenvalue weighted by atomic mass is 19.1. The highest BCUT2D eigenvalue weighted by molar-refractivity contribution is 5.38. The Bertz CT molecular complexity index is 749. The van der Waals surface area contributed by atoms with Crippen LogP contribution in [0.4, 0.5) is 4.39 Å². The molecule has 0 spiro atoms. The van der Waals surface area contributed by atoms with Gasteiger partial charge >= 0.3 is 0 Å². The summed E-state index contributed by atoms with van der Waals surface area (Å²) in [5, 5.41) is 9.54. The molecule has 152 valence electrons. The van der Waals surface area contributed by atoms with Crippen LogP contribution in [0.2, 0.25) is 0 Å². The van der Waals surface area contributed by atoms with Crippen molar-refractivity contribution < 1.29 is 19.0 Å². The molecule has 0 saturated carbocycles. The molecule has 2 aromatic rings. The number of methoxy groups -OCH3 is 2. The van der Waals surface area contributed by atoms with Crippen LogP contribution < -0.4 is 9.47 Å². The lowest BCUT2D eigenvalue weighted by atomic mass is 10.1. The number of hydrogen-bond acceptors (Lipinski definition) is 5. The minimum atomic E-state index is -0.199. The zero-order chi connectivity index (χ0) is 19.9. The first kappa shape index (κ1) is 20.6. The fourth-order valence-corrected chi connectivity index (χ4v) is 3.82. The quantitative estimate of drug-likeness (QED) is 0.753. The summed E-state index contributed by atoms with van der Waals surface area (Å²) in [4.78, 5) is 4.73. The van der Waals surface area contributed by atoms with Crippen molar-refractivity contribution in [3.05, 3.63) is 59.4 Å². The molecular weight excluding hydrogens is 359 g/mol. The molecule has 0 aromatic heterocycles. The highest BCUT2D eigenvalue weighted by Gasteiger charge is 2.27. The van der Waals surface area contributed by atoms with Crippen LogP contribution in [0, 0.1) is 5.82 Å². The molecule has 1 N–H and O–H groups in total. The van der Waals surface area contributed by atoms with Gasteiger partial charge in [-0.1, -0.05) is 12.1 Å². The first-order valence-corrected chi connectivity index (χ1v) is 9.65. The number of aliphatic hydroxyl groups is 1. The van der Waals surface area contributed by atoms with Gasteiger partial charge in [-0.15, -0.1) is 0 Å². The van der Waals surface area contributed by atoms with E-state index >= 15 is 0 Å². The molecule has 0 aliphatic carbocycles. The smallest absolute Gasteiger partial charge is 0.123 e. The molecule has 0 unspecified atom stereocenters. The third-order valence-corrected chi connectivity index (χ3v) is 5.24. The van der Waals surface area contributed by atoms with E-state index in [1.807, 2.05) is 24.3 Å². The van der Waals surface area contributed by atoms with Gasteiger partial charge in [-0.3, -0.25) is 9.80 Å². The Morgan fingerprint density at radius 2 is 1.75 bits per heavy atom. The Hall–Kier alpha value is -2.15. The summed E-state index contributed by atoms with van der Waals surface area (Å²) in [6.45, 7) is 4.28. The molecule has 1 fully saturated rings. The maximum atomic E-state index is 13.5. The fourth-order valence-electron chi connectivity index (χ4n) is 3.82. The Balaban J connectivity index is 1.67. The van der Waals surface area contributed by atoms with Crippen molar-refractivity contribution in [2.24, 2.45) is 0 Å². The number of rotatable bonds is 8. The number of aliphatic hydroxyl groups excluding tert-OH is 1. The summed E-state index contributed by atoms with van der Waals surface area (Å²) in [6, 6.07) is 12.9. The van der Waals surface area contributed by atoms with E-state index in [-0.39, 0.29) is 18.5 Å². The Kier molecular flexibility index (Phi) is 7.25. The van der Waals surface area contributed by atoms with Gasteiger partial charge in [0.15, 0.2) is 0 Å². The first-order chi connectivity index (χ1) is 13.6. The fraction of sp³-hybridized carbons (Fsp3) is 0.455. The van der Waals surface area contributed by atoms with Gasteiger partial charge in [0.25, 0.3) is 0 Å². The van der Waals surface area contributed by atoms with Gasteiger partial charge in [0.2, 0.25) is 0 Å². The highest BCUT2D eigenvalue weighted by Crippen LogP contribution is 2.25. The summed E-state index contributed by atoms with van der Waals surface area (Å²) in [5.74, 6) is 1.35. The lowest BCUT2D eigenvalue weighted by Crippen LogP contribution is -2.52. The first-order valence-electron chi connectivity index (χ1n) is 9.65. The summed E-state index contributed by atoms with van der Waals surface area (Å²) >= 11 is 0. The molecular formula is C22H29FN2O3. The number of halogens is 1.